The van der Waals surface area contributed by atoms with Crippen LogP contribution in [0.15, 0.2) is 119 Å². The fourth-order valence-electron chi connectivity index (χ4n) is 3.53. The van der Waals surface area contributed by atoms with E-state index in [1.807, 2.05) is 12.1 Å². The zero-order valence-corrected chi connectivity index (χ0v) is 22.1. The maximum atomic E-state index is 12.4. The first-order chi connectivity index (χ1) is 18.2. The van der Waals surface area contributed by atoms with Gasteiger partial charge in [0.25, 0.3) is 0 Å². The summed E-state index contributed by atoms with van der Waals surface area (Å²) in [6, 6.07) is 31.4. The predicted molar refractivity (Wildman–Crippen MR) is 146 cm³/mol. The summed E-state index contributed by atoms with van der Waals surface area (Å²) in [7, 11) is -7.19. The molecular weight excluding hydrogens is 524 g/mol. The molecule has 2 N–H and O–H groups in total. The van der Waals surface area contributed by atoms with Gasteiger partial charge in [0, 0.05) is 11.1 Å². The third-order valence-electron chi connectivity index (χ3n) is 5.55. The highest BCUT2D eigenvalue weighted by Crippen LogP contribution is 2.18. The van der Waals surface area contributed by atoms with Crippen molar-refractivity contribution in [2.24, 2.45) is 0 Å². The lowest BCUT2D eigenvalue weighted by Crippen LogP contribution is -2.11. The molecule has 0 atom stereocenters. The molecule has 0 saturated carbocycles. The van der Waals surface area contributed by atoms with Crippen molar-refractivity contribution >= 4 is 25.5 Å². The SMILES string of the molecule is O=C(c1ccc(S(=O)(=O)CCO)cc1)c1ccc(S(=O)(=O)CCO)cc1.c1ccc(-c2ccccc2)cc1. The highest BCUT2D eigenvalue weighted by molar-refractivity contribution is 7.91. The van der Waals surface area contributed by atoms with Crippen LogP contribution in [0.1, 0.15) is 15.9 Å². The predicted octanol–water partition coefficient (Wildman–Crippen LogP) is 3.80. The van der Waals surface area contributed by atoms with Crippen LogP contribution in [0.3, 0.4) is 0 Å². The number of sulfone groups is 2. The van der Waals surface area contributed by atoms with Gasteiger partial charge < -0.3 is 10.2 Å². The first kappa shape index (κ1) is 28.9. The van der Waals surface area contributed by atoms with Crippen molar-refractivity contribution in [1.29, 1.82) is 0 Å². The Balaban J connectivity index is 0.000000275. The van der Waals surface area contributed by atoms with Gasteiger partial charge in [-0.15, -0.1) is 0 Å². The van der Waals surface area contributed by atoms with Crippen molar-refractivity contribution in [2.45, 2.75) is 9.79 Å². The van der Waals surface area contributed by atoms with Gasteiger partial charge >= 0.3 is 0 Å². The van der Waals surface area contributed by atoms with Gasteiger partial charge in [0.05, 0.1) is 34.5 Å². The van der Waals surface area contributed by atoms with Crippen molar-refractivity contribution in [2.75, 3.05) is 24.7 Å². The number of hydrogen-bond acceptors (Lipinski definition) is 7. The number of ketones is 1. The van der Waals surface area contributed by atoms with Crippen LogP contribution in [0.25, 0.3) is 11.1 Å². The lowest BCUT2D eigenvalue weighted by atomic mass is 10.0. The summed E-state index contributed by atoms with van der Waals surface area (Å²) in [5.74, 6) is -1.18. The molecule has 0 aliphatic heterocycles. The van der Waals surface area contributed by atoms with E-state index in [-0.39, 0.29) is 26.7 Å². The van der Waals surface area contributed by atoms with Crippen LogP contribution in [0.5, 0.6) is 0 Å². The third-order valence-corrected chi connectivity index (χ3v) is 8.97. The summed E-state index contributed by atoms with van der Waals surface area (Å²) in [6.45, 7) is -0.983. The van der Waals surface area contributed by atoms with Gasteiger partial charge in [-0.3, -0.25) is 4.79 Å². The van der Waals surface area contributed by atoms with Gasteiger partial charge in [0.15, 0.2) is 25.5 Å². The molecule has 38 heavy (non-hydrogen) atoms. The first-order valence-corrected chi connectivity index (χ1v) is 15.0. The lowest BCUT2D eigenvalue weighted by Gasteiger charge is -2.06. The maximum Gasteiger partial charge on any atom is 0.193 e. The average Bonchev–Trinajstić information content (AvgIpc) is 2.94. The minimum Gasteiger partial charge on any atom is -0.395 e. The minimum absolute atomic E-state index is 0.00791. The minimum atomic E-state index is -3.59. The van der Waals surface area contributed by atoms with E-state index in [1.54, 1.807) is 0 Å². The van der Waals surface area contributed by atoms with Gasteiger partial charge in [0.1, 0.15) is 0 Å². The number of hydrogen-bond donors (Lipinski definition) is 2. The second-order valence-electron chi connectivity index (χ2n) is 8.19. The summed E-state index contributed by atoms with van der Waals surface area (Å²) in [4.78, 5) is 12.5. The standard InChI is InChI=1S/C17H18O7S2.C12H10/c18-9-11-25(21,22)15-5-1-13(2-6-15)17(20)14-3-7-16(8-4-14)26(23,24)12-10-19;1-3-7-11(8-4-1)12-9-5-2-6-10-12/h1-8,18-19H,9-12H2;1-10H. The molecule has 0 fully saturated rings. The monoisotopic (exact) mass is 552 g/mol. The summed E-state index contributed by atoms with van der Waals surface area (Å²) in [5.41, 5.74) is 3.05. The number of carbonyl (C=O) groups is 1. The summed E-state index contributed by atoms with van der Waals surface area (Å²) >= 11 is 0. The molecule has 0 aliphatic carbocycles. The van der Waals surface area contributed by atoms with Crippen LogP contribution in [-0.2, 0) is 19.7 Å². The Labute approximate surface area is 222 Å². The Hall–Kier alpha value is -3.63. The average molecular weight is 553 g/mol. The van der Waals surface area contributed by atoms with Crippen LogP contribution in [0, 0.1) is 0 Å². The van der Waals surface area contributed by atoms with Crippen LogP contribution in [0.4, 0.5) is 0 Å². The number of carbonyl (C=O) groups excluding carboxylic acids is 1. The Kier molecular flexibility index (Phi) is 10.1. The molecule has 4 aromatic carbocycles. The van der Waals surface area contributed by atoms with E-state index in [0.29, 0.717) is 0 Å². The van der Waals surface area contributed by atoms with Crippen molar-refractivity contribution in [1.82, 2.24) is 0 Å². The number of benzene rings is 4. The Morgan fingerprint density at radius 3 is 1.11 bits per heavy atom. The second kappa shape index (κ2) is 13.3. The summed E-state index contributed by atoms with van der Waals surface area (Å²) in [6.07, 6.45) is 0. The van der Waals surface area contributed by atoms with Crippen molar-refractivity contribution in [3.05, 3.63) is 120 Å². The Morgan fingerprint density at radius 2 is 0.816 bits per heavy atom. The van der Waals surface area contributed by atoms with E-state index in [0.717, 1.165) is 0 Å². The molecule has 0 amide bonds. The van der Waals surface area contributed by atoms with E-state index in [2.05, 4.69) is 48.5 Å². The molecule has 4 aromatic rings. The van der Waals surface area contributed by atoms with E-state index in [4.69, 9.17) is 10.2 Å². The Bertz CT molecular complexity index is 1410. The topological polar surface area (TPSA) is 126 Å². The van der Waals surface area contributed by atoms with E-state index in [9.17, 15) is 21.6 Å². The molecule has 0 bridgehead atoms. The molecule has 9 heteroatoms. The molecule has 0 radical (unpaired) electrons. The number of aliphatic hydroxyl groups is 2. The summed E-state index contributed by atoms with van der Waals surface area (Å²) in [5, 5.41) is 17.6. The zero-order chi connectivity index (χ0) is 27.6. The molecule has 7 nitrogen and oxygen atoms in total. The summed E-state index contributed by atoms with van der Waals surface area (Å²) < 4.78 is 47.4. The quantitative estimate of drug-likeness (QED) is 0.303. The molecule has 198 valence electrons. The molecule has 0 spiro atoms. The van der Waals surface area contributed by atoms with E-state index >= 15 is 0 Å². The van der Waals surface area contributed by atoms with Crippen LogP contribution < -0.4 is 0 Å². The normalized spacial score (nSPS) is 11.3. The molecule has 0 heterocycles. The van der Waals surface area contributed by atoms with Crippen molar-refractivity contribution < 1.29 is 31.8 Å². The lowest BCUT2D eigenvalue weighted by molar-refractivity contribution is 0.103. The number of aliphatic hydroxyl groups excluding tert-OH is 2. The van der Waals surface area contributed by atoms with Crippen molar-refractivity contribution in [3.63, 3.8) is 0 Å². The molecule has 0 saturated heterocycles. The molecule has 0 aromatic heterocycles. The largest absolute Gasteiger partial charge is 0.395 e. The zero-order valence-electron chi connectivity index (χ0n) is 20.5. The molecule has 4 rings (SSSR count). The molecule has 0 unspecified atom stereocenters. The Morgan fingerprint density at radius 1 is 0.500 bits per heavy atom. The van der Waals surface area contributed by atoms with Crippen LogP contribution in [0.2, 0.25) is 0 Å². The van der Waals surface area contributed by atoms with Gasteiger partial charge in [-0.1, -0.05) is 60.7 Å². The first-order valence-electron chi connectivity index (χ1n) is 11.7. The van der Waals surface area contributed by atoms with Crippen LogP contribution >= 0.6 is 0 Å². The van der Waals surface area contributed by atoms with Gasteiger partial charge in [0.2, 0.25) is 0 Å². The van der Waals surface area contributed by atoms with Gasteiger partial charge in [-0.2, -0.15) is 0 Å². The highest BCUT2D eigenvalue weighted by Gasteiger charge is 2.17. The van der Waals surface area contributed by atoms with Gasteiger partial charge in [-0.25, -0.2) is 16.8 Å². The van der Waals surface area contributed by atoms with Gasteiger partial charge in [-0.05, 0) is 59.7 Å². The number of rotatable bonds is 9. The fourth-order valence-corrected chi connectivity index (χ4v) is 5.58. The maximum absolute atomic E-state index is 12.4. The molecule has 0 aliphatic rings. The fraction of sp³-hybridized carbons (Fsp3) is 0.138. The third kappa shape index (κ3) is 7.69. The van der Waals surface area contributed by atoms with Crippen LogP contribution in [-0.4, -0.2) is 57.6 Å². The molecular formula is C29H28O7S2. The van der Waals surface area contributed by atoms with E-state index in [1.165, 1.54) is 59.7 Å². The smallest absolute Gasteiger partial charge is 0.193 e. The van der Waals surface area contributed by atoms with Crippen molar-refractivity contribution in [3.8, 4) is 11.1 Å². The highest BCUT2D eigenvalue weighted by atomic mass is 32.2. The second-order valence-corrected chi connectivity index (χ2v) is 12.4. The van der Waals surface area contributed by atoms with E-state index < -0.39 is 44.4 Å².